The zero-order valence-electron chi connectivity index (χ0n) is 11.5. The number of aromatic hydroxyl groups is 3. The summed E-state index contributed by atoms with van der Waals surface area (Å²) in [5.74, 6) is -3.21. The van der Waals surface area contributed by atoms with Gasteiger partial charge in [-0.2, -0.15) is 0 Å². The Morgan fingerprint density at radius 3 is 1.75 bits per heavy atom. The summed E-state index contributed by atoms with van der Waals surface area (Å²) in [7, 11) is -9.81. The molecule has 0 saturated carbocycles. The molecule has 0 unspecified atom stereocenters. The van der Waals surface area contributed by atoms with Crippen molar-refractivity contribution in [1.82, 2.24) is 0 Å². The lowest BCUT2D eigenvalue weighted by Crippen LogP contribution is -2.13. The summed E-state index contributed by atoms with van der Waals surface area (Å²) < 4.78 is 62.9. The lowest BCUT2D eigenvalue weighted by Gasteiger charge is -2.40. The number of amides is 1. The first-order valence-corrected chi connectivity index (χ1v) is 8.03. The molecule has 0 aliphatic carbocycles. The predicted molar refractivity (Wildman–Crippen MR) is 77.2 cm³/mol. The van der Waals surface area contributed by atoms with Crippen molar-refractivity contribution >= 4 is 21.8 Å². The zero-order valence-corrected chi connectivity index (χ0v) is 12.3. The Kier molecular flexibility index (Phi) is 3.43. The fourth-order valence-corrected chi connectivity index (χ4v) is 2.47. The van der Waals surface area contributed by atoms with E-state index in [4.69, 9.17) is 5.11 Å². The molecule has 0 atom stereocenters. The van der Waals surface area contributed by atoms with Crippen molar-refractivity contribution in [2.45, 2.75) is 4.90 Å². The summed E-state index contributed by atoms with van der Waals surface area (Å²) in [5.41, 5.74) is -0.929. The van der Waals surface area contributed by atoms with E-state index in [0.717, 1.165) is 12.1 Å². The molecule has 0 bridgehead atoms. The summed E-state index contributed by atoms with van der Waals surface area (Å²) >= 11 is 0. The van der Waals surface area contributed by atoms with E-state index in [-0.39, 0.29) is 17.8 Å². The molecule has 0 fully saturated rings. The maximum Gasteiger partial charge on any atom is 0.310 e. The van der Waals surface area contributed by atoms with Gasteiger partial charge in [-0.1, -0.05) is 19.4 Å². The molecule has 0 spiro atoms. The van der Waals surface area contributed by atoms with Gasteiger partial charge in [0.1, 0.15) is 27.7 Å². The van der Waals surface area contributed by atoms with Gasteiger partial charge in [-0.25, -0.2) is 0 Å². The first-order valence-electron chi connectivity index (χ1n) is 6.08. The number of carbonyl (C=O) groups is 1. The maximum absolute atomic E-state index is 12.6. The van der Waals surface area contributed by atoms with Gasteiger partial charge in [-0.15, -0.1) is 0 Å². The smallest absolute Gasteiger partial charge is 0.310 e. The number of phenolic OH excluding ortho intramolecular Hbond substituents is 3. The number of rotatable bonds is 3. The van der Waals surface area contributed by atoms with Crippen LogP contribution in [0, 0.1) is 0 Å². The van der Waals surface area contributed by atoms with E-state index in [1.165, 1.54) is 0 Å². The van der Waals surface area contributed by atoms with Crippen LogP contribution in [0.1, 0.15) is 10.4 Å². The number of hydrogen-bond donors (Lipinski definition) is 4. The second-order valence-corrected chi connectivity index (χ2v) is 7.22. The Hall–Kier alpha value is -2.69. The number of nitrogens with one attached hydrogen (secondary N) is 1. The Bertz CT molecular complexity index is 798. The highest BCUT2D eigenvalue weighted by Crippen LogP contribution is 3.02. The van der Waals surface area contributed by atoms with Gasteiger partial charge >= 0.3 is 10.2 Å². The van der Waals surface area contributed by atoms with Crippen LogP contribution < -0.4 is 5.32 Å². The molecule has 24 heavy (non-hydrogen) atoms. The summed E-state index contributed by atoms with van der Waals surface area (Å²) in [6, 6.07) is 2.92. The molecule has 1 amide bonds. The van der Waals surface area contributed by atoms with Crippen molar-refractivity contribution in [2.75, 3.05) is 5.32 Å². The van der Waals surface area contributed by atoms with Gasteiger partial charge in [0.2, 0.25) is 0 Å². The molecule has 0 saturated heterocycles. The fourth-order valence-electron chi connectivity index (χ4n) is 1.82. The van der Waals surface area contributed by atoms with Gasteiger partial charge < -0.3 is 20.6 Å². The summed E-state index contributed by atoms with van der Waals surface area (Å²) in [4.78, 5) is 9.78. The van der Waals surface area contributed by atoms with Crippen LogP contribution in [0.4, 0.5) is 25.1 Å². The van der Waals surface area contributed by atoms with Crippen LogP contribution in [0.15, 0.2) is 41.3 Å². The molecule has 132 valence electrons. The van der Waals surface area contributed by atoms with Gasteiger partial charge in [0, 0.05) is 17.8 Å². The van der Waals surface area contributed by atoms with Crippen LogP contribution in [0.3, 0.4) is 0 Å². The molecule has 0 heterocycles. The minimum Gasteiger partial charge on any atom is -0.508 e. The summed E-state index contributed by atoms with van der Waals surface area (Å²) in [6.45, 7) is 0. The molecule has 0 aliphatic rings. The van der Waals surface area contributed by atoms with Crippen molar-refractivity contribution in [3.63, 3.8) is 0 Å². The highest BCUT2D eigenvalue weighted by molar-refractivity contribution is 8.45. The summed E-state index contributed by atoms with van der Waals surface area (Å²) in [5, 5.41) is 30.2. The molecule has 11 heteroatoms. The monoisotopic (exact) mass is 371 g/mol. The fraction of sp³-hybridized carbons (Fsp3) is 0. The number of halogens is 5. The van der Waals surface area contributed by atoms with E-state index < -0.39 is 43.8 Å². The molecular weight excluding hydrogens is 361 g/mol. The quantitative estimate of drug-likeness (QED) is 0.588. The average Bonchev–Trinajstić information content (AvgIpc) is 2.35. The number of phenols is 3. The van der Waals surface area contributed by atoms with Crippen LogP contribution in [-0.2, 0) is 0 Å². The van der Waals surface area contributed by atoms with E-state index in [0.29, 0.717) is 12.1 Å². The third kappa shape index (κ3) is 3.79. The predicted octanol–water partition coefficient (Wildman–Crippen LogP) is 4.71. The van der Waals surface area contributed by atoms with Gasteiger partial charge in [0.15, 0.2) is 0 Å². The van der Waals surface area contributed by atoms with E-state index in [1.807, 2.05) is 5.32 Å². The first kappa shape index (κ1) is 17.7. The Morgan fingerprint density at radius 1 is 0.875 bits per heavy atom. The first-order chi connectivity index (χ1) is 10.7. The minimum absolute atomic E-state index is 0.105. The largest absolute Gasteiger partial charge is 0.508 e. The second-order valence-electron chi connectivity index (χ2n) is 4.81. The molecule has 5 nitrogen and oxygen atoms in total. The van der Waals surface area contributed by atoms with E-state index in [1.54, 1.807) is 0 Å². The highest BCUT2D eigenvalue weighted by atomic mass is 32.5. The zero-order chi connectivity index (χ0) is 18.4. The van der Waals surface area contributed by atoms with Crippen LogP contribution in [-0.4, -0.2) is 21.2 Å². The molecule has 0 radical (unpaired) electrons. The molecule has 0 aliphatic heterocycles. The molecular formula is C13H10F5NO4S. The average molecular weight is 371 g/mol. The molecule has 0 aromatic heterocycles. The van der Waals surface area contributed by atoms with Gasteiger partial charge in [0.05, 0.1) is 0 Å². The SMILES string of the molecule is O=C(Nc1ccc(S(F)(F)(F)(F)F)cc1)c1c(O)cc(O)cc1O. The molecule has 2 aromatic carbocycles. The van der Waals surface area contributed by atoms with Gasteiger partial charge in [0.25, 0.3) is 5.91 Å². The van der Waals surface area contributed by atoms with E-state index in [9.17, 15) is 34.4 Å². The van der Waals surface area contributed by atoms with Crippen molar-refractivity contribution < 1.29 is 39.5 Å². The third-order valence-corrected chi connectivity index (χ3v) is 4.03. The topological polar surface area (TPSA) is 89.8 Å². The molecule has 2 aromatic rings. The van der Waals surface area contributed by atoms with Gasteiger partial charge in [-0.3, -0.25) is 4.79 Å². The normalized spacial score (nSPS) is 14.5. The lowest BCUT2D eigenvalue weighted by molar-refractivity contribution is 0.102. The van der Waals surface area contributed by atoms with Gasteiger partial charge in [-0.05, 0) is 24.3 Å². The molecule has 4 N–H and O–H groups in total. The van der Waals surface area contributed by atoms with Crippen LogP contribution >= 0.6 is 10.2 Å². The van der Waals surface area contributed by atoms with Crippen LogP contribution in [0.5, 0.6) is 17.2 Å². The van der Waals surface area contributed by atoms with Crippen molar-refractivity contribution in [2.24, 2.45) is 0 Å². The van der Waals surface area contributed by atoms with E-state index in [2.05, 4.69) is 0 Å². The van der Waals surface area contributed by atoms with Crippen molar-refractivity contribution in [1.29, 1.82) is 0 Å². The summed E-state index contributed by atoms with van der Waals surface area (Å²) in [6.07, 6.45) is 0. The third-order valence-electron chi connectivity index (χ3n) is 2.87. The number of carbonyl (C=O) groups excluding carboxylic acids is 1. The number of anilines is 1. The minimum atomic E-state index is -9.81. The van der Waals surface area contributed by atoms with Crippen LogP contribution in [0.25, 0.3) is 0 Å². The van der Waals surface area contributed by atoms with Crippen molar-refractivity contribution in [3.8, 4) is 17.2 Å². The van der Waals surface area contributed by atoms with E-state index >= 15 is 0 Å². The van der Waals surface area contributed by atoms with Crippen LogP contribution in [0.2, 0.25) is 0 Å². The molecule has 2 rings (SSSR count). The second kappa shape index (κ2) is 4.66. The lowest BCUT2D eigenvalue weighted by atomic mass is 10.1. The Balaban J connectivity index is 2.29. The maximum atomic E-state index is 12.6. The Morgan fingerprint density at radius 2 is 1.33 bits per heavy atom. The highest BCUT2D eigenvalue weighted by Gasteiger charge is 2.65. The number of hydrogen-bond acceptors (Lipinski definition) is 4. The van der Waals surface area contributed by atoms with Crippen molar-refractivity contribution in [3.05, 3.63) is 42.0 Å². The Labute approximate surface area is 131 Å². The number of benzene rings is 2. The standard InChI is InChI=1S/C13H10F5NO4S/c14-24(15,16,17,18)9-3-1-7(2-4-9)19-13(23)12-10(21)5-8(20)6-11(12)22/h1-6,20-22H,(H,19,23).